The van der Waals surface area contributed by atoms with Gasteiger partial charge in [0.2, 0.25) is 17.7 Å². The smallest absolute Gasteiger partial charge is 0.381 e. The fourth-order valence-corrected chi connectivity index (χ4v) is 5.72. The van der Waals surface area contributed by atoms with Gasteiger partial charge in [0.1, 0.15) is 18.2 Å². The molecule has 3 heterocycles. The zero-order valence-electron chi connectivity index (χ0n) is 21.0. The summed E-state index contributed by atoms with van der Waals surface area (Å²) in [6.45, 7) is -1.08. The molecule has 3 N–H and O–H groups in total. The van der Waals surface area contributed by atoms with E-state index in [1.807, 2.05) is 0 Å². The Kier molecular flexibility index (Phi) is 8.36. The largest absolute Gasteiger partial charge is 0.522 e. The number of carbonyl (C=O) groups excluding carboxylic acids is 5. The van der Waals surface area contributed by atoms with Gasteiger partial charge >= 0.3 is 18.4 Å². The van der Waals surface area contributed by atoms with E-state index in [-0.39, 0.29) is 57.9 Å². The van der Waals surface area contributed by atoms with Crippen molar-refractivity contribution in [3.05, 3.63) is 0 Å². The first kappa shape index (κ1) is 30.0. The molecule has 0 spiro atoms. The van der Waals surface area contributed by atoms with Gasteiger partial charge < -0.3 is 25.6 Å². The Bertz CT molecular complexity index is 1050. The fourth-order valence-electron chi connectivity index (χ4n) is 5.72. The van der Waals surface area contributed by atoms with Crippen molar-refractivity contribution in [3.63, 3.8) is 0 Å². The maximum Gasteiger partial charge on any atom is 0.522 e. The highest BCUT2D eigenvalue weighted by atomic mass is 19.4. The lowest BCUT2D eigenvalue weighted by Gasteiger charge is -2.44. The monoisotopic (exact) mass is 586 g/mol. The van der Waals surface area contributed by atoms with Gasteiger partial charge in [-0.1, -0.05) is 0 Å². The fraction of sp³-hybridized carbons (Fsp3) is 0.783. The van der Waals surface area contributed by atoms with Crippen LogP contribution in [0, 0.1) is 17.8 Å². The first-order chi connectivity index (χ1) is 18.6. The highest BCUT2D eigenvalue weighted by molar-refractivity contribution is 5.98. The van der Waals surface area contributed by atoms with Crippen molar-refractivity contribution in [2.24, 2.45) is 17.8 Å². The van der Waals surface area contributed by atoms with Crippen LogP contribution in [0.3, 0.4) is 0 Å². The van der Waals surface area contributed by atoms with Gasteiger partial charge in [-0.25, -0.2) is 0 Å². The number of rotatable bonds is 9. The van der Waals surface area contributed by atoms with Crippen molar-refractivity contribution >= 4 is 29.4 Å². The van der Waals surface area contributed by atoms with Gasteiger partial charge in [0, 0.05) is 30.8 Å². The van der Waals surface area contributed by atoms with E-state index in [4.69, 9.17) is 4.74 Å². The van der Waals surface area contributed by atoms with E-state index >= 15 is 0 Å². The lowest BCUT2D eigenvalue weighted by Crippen LogP contribution is -2.67. The number of likely N-dealkylation sites (tertiary alicyclic amines) is 1. The van der Waals surface area contributed by atoms with Gasteiger partial charge in [-0.3, -0.25) is 28.7 Å². The third-order valence-electron chi connectivity index (χ3n) is 7.94. The molecule has 11 nitrogen and oxygen atoms in total. The number of hydrogen-bond donors (Lipinski definition) is 3. The third kappa shape index (κ3) is 6.34. The maximum atomic E-state index is 13.6. The summed E-state index contributed by atoms with van der Waals surface area (Å²) < 4.78 is 85.6. The predicted molar refractivity (Wildman–Crippen MR) is 119 cm³/mol. The van der Waals surface area contributed by atoms with Gasteiger partial charge in [-0.2, -0.15) is 13.2 Å². The van der Waals surface area contributed by atoms with Crippen molar-refractivity contribution in [2.75, 3.05) is 32.9 Å². The van der Waals surface area contributed by atoms with Crippen LogP contribution < -0.4 is 16.0 Å². The molecule has 4 amide bonds. The number of carbonyl (C=O) groups is 5. The molecule has 0 bridgehead atoms. The summed E-state index contributed by atoms with van der Waals surface area (Å²) in [5.74, 6) is -7.51. The molecule has 0 aromatic heterocycles. The summed E-state index contributed by atoms with van der Waals surface area (Å²) in [6, 6.07) is -2.92. The molecule has 0 unspecified atom stereocenters. The van der Waals surface area contributed by atoms with Crippen molar-refractivity contribution in [3.8, 4) is 0 Å². The second-order valence-corrected chi connectivity index (χ2v) is 10.5. The molecule has 4 rings (SSSR count). The lowest BCUT2D eigenvalue weighted by molar-refractivity contribution is -0.321. The van der Waals surface area contributed by atoms with Crippen LogP contribution >= 0.6 is 0 Å². The number of Topliss-reactive ketones (excluding diaryl/α,β-unsaturated/α-hetero) is 1. The zero-order valence-corrected chi connectivity index (χ0v) is 21.0. The number of ketones is 1. The Morgan fingerprint density at radius 2 is 1.82 bits per heavy atom. The van der Waals surface area contributed by atoms with E-state index in [0.29, 0.717) is 6.42 Å². The number of fused-ring (bicyclic) bond motifs is 1. The summed E-state index contributed by atoms with van der Waals surface area (Å²) in [5.41, 5.74) is -1.87. The molecule has 0 aromatic carbocycles. The Labute approximate surface area is 223 Å². The van der Waals surface area contributed by atoms with Gasteiger partial charge in [0.05, 0.1) is 19.3 Å². The first-order valence-electron chi connectivity index (χ1n) is 12.7. The van der Waals surface area contributed by atoms with Crippen LogP contribution in [-0.4, -0.2) is 97.4 Å². The normalized spacial score (nSPS) is 28.4. The van der Waals surface area contributed by atoms with E-state index < -0.39 is 78.0 Å². The van der Waals surface area contributed by atoms with Gasteiger partial charge in [0.15, 0.2) is 5.78 Å². The molecular formula is C23H28F6N4O7. The molecule has 1 aliphatic carbocycles. The molecule has 1 saturated carbocycles. The Balaban J connectivity index is 1.55. The Morgan fingerprint density at radius 1 is 1.12 bits per heavy atom. The molecule has 3 saturated heterocycles. The highest BCUT2D eigenvalue weighted by Gasteiger charge is 2.58. The van der Waals surface area contributed by atoms with Crippen LogP contribution in [0.5, 0.6) is 0 Å². The molecular weight excluding hydrogens is 558 g/mol. The minimum absolute atomic E-state index is 0.00920. The first-order valence-corrected chi connectivity index (χ1v) is 12.7. The van der Waals surface area contributed by atoms with Crippen LogP contribution in [0.15, 0.2) is 0 Å². The van der Waals surface area contributed by atoms with Crippen LogP contribution in [-0.2, 0) is 33.4 Å². The quantitative estimate of drug-likeness (QED) is 0.327. The zero-order chi connectivity index (χ0) is 29.5. The molecule has 224 valence electrons. The van der Waals surface area contributed by atoms with E-state index in [0.717, 1.165) is 4.90 Å². The van der Waals surface area contributed by atoms with E-state index in [9.17, 15) is 50.3 Å². The molecule has 17 heteroatoms. The van der Waals surface area contributed by atoms with Gasteiger partial charge in [0.25, 0.3) is 0 Å². The molecule has 4 fully saturated rings. The van der Waals surface area contributed by atoms with Crippen molar-refractivity contribution in [1.29, 1.82) is 0 Å². The number of hydrogen-bond acceptors (Lipinski definition) is 7. The summed E-state index contributed by atoms with van der Waals surface area (Å²) in [4.78, 5) is 64.6. The van der Waals surface area contributed by atoms with Crippen LogP contribution in [0.1, 0.15) is 32.1 Å². The number of ether oxygens (including phenoxy) is 2. The number of nitrogens with one attached hydrogen (secondary N) is 3. The molecule has 0 aromatic rings. The predicted octanol–water partition coefficient (Wildman–Crippen LogP) is 0.178. The SMILES string of the molecule is O=C1NCC[C@H]1C[C@H](NC(=O)[C@@H]1[C@H]2COC[C@H]2CN1C(=O)C1(NC(=O)C(F)(F)F)CCC1)C(=O)COC(F)(F)F. The number of halogens is 6. The molecule has 0 radical (unpaired) electrons. The second-order valence-electron chi connectivity index (χ2n) is 10.5. The summed E-state index contributed by atoms with van der Waals surface area (Å²) in [6.07, 6.45) is -10.2. The lowest BCUT2D eigenvalue weighted by atomic mass is 9.75. The Hall–Kier alpha value is -2.95. The summed E-state index contributed by atoms with van der Waals surface area (Å²) >= 11 is 0. The average Bonchev–Trinajstić information content (AvgIpc) is 3.53. The van der Waals surface area contributed by atoms with Crippen LogP contribution in [0.2, 0.25) is 0 Å². The van der Waals surface area contributed by atoms with Crippen LogP contribution in [0.25, 0.3) is 0 Å². The van der Waals surface area contributed by atoms with E-state index in [1.165, 1.54) is 0 Å². The third-order valence-corrected chi connectivity index (χ3v) is 7.94. The van der Waals surface area contributed by atoms with Gasteiger partial charge in [-0.05, 0) is 32.1 Å². The maximum absolute atomic E-state index is 13.6. The summed E-state index contributed by atoms with van der Waals surface area (Å²) in [7, 11) is 0. The van der Waals surface area contributed by atoms with Crippen molar-refractivity contribution in [1.82, 2.24) is 20.9 Å². The molecule has 40 heavy (non-hydrogen) atoms. The number of alkyl halides is 6. The topological polar surface area (TPSA) is 143 Å². The van der Waals surface area contributed by atoms with Gasteiger partial charge in [-0.15, -0.1) is 13.2 Å². The number of amides is 4. The molecule has 5 atom stereocenters. The van der Waals surface area contributed by atoms with E-state index in [2.05, 4.69) is 15.4 Å². The number of nitrogens with zero attached hydrogens (tertiary/aromatic N) is 1. The van der Waals surface area contributed by atoms with Crippen LogP contribution in [0.4, 0.5) is 26.3 Å². The highest BCUT2D eigenvalue weighted by Crippen LogP contribution is 2.41. The van der Waals surface area contributed by atoms with E-state index in [1.54, 1.807) is 5.32 Å². The average molecular weight is 586 g/mol. The van der Waals surface area contributed by atoms with Crippen molar-refractivity contribution < 1.29 is 59.8 Å². The molecule has 3 aliphatic heterocycles. The Morgan fingerprint density at radius 3 is 2.38 bits per heavy atom. The minimum atomic E-state index is -5.24. The van der Waals surface area contributed by atoms with Crippen molar-refractivity contribution in [2.45, 2.75) is 62.3 Å². The minimum Gasteiger partial charge on any atom is -0.381 e. The standard InChI is InChI=1S/C23H28F6N4O7/c24-22(25,26)19(37)32-21(3-1-4-21)20(38)33-7-12-8-39-9-13(12)16(33)18(36)31-14(6-11-2-5-30-17(11)35)15(34)10-40-23(27,28)29/h11-14,16H,1-10H2,(H,30,35)(H,31,36)(H,32,37)/t11-,12+,13-,14-,16-/m0/s1. The second kappa shape index (κ2) is 11.1. The summed E-state index contributed by atoms with van der Waals surface area (Å²) in [5, 5.41) is 6.66. The molecule has 4 aliphatic rings.